The van der Waals surface area contributed by atoms with Crippen LogP contribution in [0.5, 0.6) is 11.5 Å². The molecule has 7 heteroatoms. The topological polar surface area (TPSA) is 76.6 Å². The molecule has 0 saturated carbocycles. The van der Waals surface area contributed by atoms with Crippen LogP contribution in [0.15, 0.2) is 24.3 Å². The van der Waals surface area contributed by atoms with Crippen molar-refractivity contribution in [2.24, 2.45) is 0 Å². The second kappa shape index (κ2) is 8.68. The second-order valence-corrected chi connectivity index (χ2v) is 7.65. The molecule has 0 bridgehead atoms. The van der Waals surface area contributed by atoms with E-state index in [0.717, 1.165) is 54.3 Å². The van der Waals surface area contributed by atoms with Gasteiger partial charge >= 0.3 is 0 Å². The first kappa shape index (κ1) is 19.5. The van der Waals surface area contributed by atoms with Crippen molar-refractivity contribution in [3.8, 4) is 11.5 Å². The molecule has 29 heavy (non-hydrogen) atoms. The van der Waals surface area contributed by atoms with E-state index in [-0.39, 0.29) is 11.9 Å². The number of hydrogen-bond acceptors (Lipinski definition) is 6. The van der Waals surface area contributed by atoms with Gasteiger partial charge in [-0.3, -0.25) is 4.79 Å². The number of rotatable bonds is 5. The van der Waals surface area contributed by atoms with Gasteiger partial charge in [-0.05, 0) is 50.5 Å². The normalized spacial score (nSPS) is 18.4. The molecule has 1 amide bonds. The van der Waals surface area contributed by atoms with Crippen molar-refractivity contribution < 1.29 is 14.3 Å². The molecular formula is C22H28N4O3. The zero-order chi connectivity index (χ0) is 20.2. The summed E-state index contributed by atoms with van der Waals surface area (Å²) in [6, 6.07) is 8.09. The van der Waals surface area contributed by atoms with E-state index in [1.807, 2.05) is 36.9 Å². The van der Waals surface area contributed by atoms with E-state index in [4.69, 9.17) is 9.47 Å². The fourth-order valence-corrected chi connectivity index (χ4v) is 4.03. The highest BCUT2D eigenvalue weighted by atomic mass is 16.5. The highest BCUT2D eigenvalue weighted by Crippen LogP contribution is 2.38. The average molecular weight is 396 g/mol. The van der Waals surface area contributed by atoms with E-state index >= 15 is 0 Å². The van der Waals surface area contributed by atoms with E-state index in [1.54, 1.807) is 0 Å². The molecule has 154 valence electrons. The molecule has 2 aliphatic heterocycles. The number of nitrogens with zero attached hydrogens (tertiary/aromatic N) is 3. The summed E-state index contributed by atoms with van der Waals surface area (Å²) >= 11 is 0. The summed E-state index contributed by atoms with van der Waals surface area (Å²) in [7, 11) is 0. The third-order valence-electron chi connectivity index (χ3n) is 5.33. The molecule has 1 aromatic carbocycles. The molecular weight excluding hydrogens is 368 g/mol. The number of aryl methyl sites for hydroxylation is 2. The largest absolute Gasteiger partial charge is 0.490 e. The van der Waals surface area contributed by atoms with E-state index in [0.29, 0.717) is 32.1 Å². The Hall–Kier alpha value is -2.83. The maximum Gasteiger partial charge on any atom is 0.224 e. The zero-order valence-electron chi connectivity index (χ0n) is 17.1. The van der Waals surface area contributed by atoms with E-state index < -0.39 is 0 Å². The highest BCUT2D eigenvalue weighted by Gasteiger charge is 2.30. The predicted octanol–water partition coefficient (Wildman–Crippen LogP) is 3.42. The standard InChI is InChI=1S/C22H28N4O3/c1-15-13-16(2)25-22(24-15)23-9-8-21(27)26-10-3-5-18(26)17-6-7-19-20(14-17)29-12-4-11-28-19/h6-7,13-14,18H,3-5,8-12H2,1-2H3,(H,23,24,25). The highest BCUT2D eigenvalue weighted by molar-refractivity contribution is 5.77. The van der Waals surface area contributed by atoms with Gasteiger partial charge < -0.3 is 19.7 Å². The summed E-state index contributed by atoms with van der Waals surface area (Å²) in [5.74, 6) is 2.31. The van der Waals surface area contributed by atoms with Crippen molar-refractivity contribution >= 4 is 11.9 Å². The first-order valence-electron chi connectivity index (χ1n) is 10.4. The van der Waals surface area contributed by atoms with Gasteiger partial charge in [-0.2, -0.15) is 0 Å². The Bertz CT molecular complexity index is 866. The Labute approximate surface area is 171 Å². The van der Waals surface area contributed by atoms with Crippen LogP contribution in [0, 0.1) is 13.8 Å². The number of ether oxygens (including phenoxy) is 2. The van der Waals surface area contributed by atoms with Gasteiger partial charge in [-0.15, -0.1) is 0 Å². The monoisotopic (exact) mass is 396 g/mol. The molecule has 4 rings (SSSR count). The van der Waals surface area contributed by atoms with Crippen LogP contribution >= 0.6 is 0 Å². The van der Waals surface area contributed by atoms with E-state index in [2.05, 4.69) is 21.4 Å². The molecule has 7 nitrogen and oxygen atoms in total. The van der Waals surface area contributed by atoms with Gasteiger partial charge in [0.2, 0.25) is 11.9 Å². The summed E-state index contributed by atoms with van der Waals surface area (Å²) in [5.41, 5.74) is 2.95. The molecule has 1 atom stereocenters. The lowest BCUT2D eigenvalue weighted by molar-refractivity contribution is -0.131. The maximum atomic E-state index is 12.9. The maximum absolute atomic E-state index is 12.9. The lowest BCUT2D eigenvalue weighted by Gasteiger charge is -2.26. The van der Waals surface area contributed by atoms with Crippen LogP contribution in [-0.4, -0.2) is 47.1 Å². The number of carbonyl (C=O) groups excluding carboxylic acids is 1. The predicted molar refractivity (Wildman–Crippen MR) is 110 cm³/mol. The van der Waals surface area contributed by atoms with Crippen LogP contribution in [0.1, 0.15) is 48.7 Å². The average Bonchev–Trinajstić information content (AvgIpc) is 3.06. The fraction of sp³-hybridized carbons (Fsp3) is 0.500. The van der Waals surface area contributed by atoms with Crippen LogP contribution in [0.3, 0.4) is 0 Å². The van der Waals surface area contributed by atoms with Crippen molar-refractivity contribution in [1.29, 1.82) is 0 Å². The van der Waals surface area contributed by atoms with Gasteiger partial charge in [0, 0.05) is 37.3 Å². The first-order chi connectivity index (χ1) is 14.1. The number of nitrogens with one attached hydrogen (secondary N) is 1. The SMILES string of the molecule is Cc1cc(C)nc(NCCC(=O)N2CCCC2c2ccc3c(c2)OCCCO3)n1. The minimum absolute atomic E-state index is 0.0946. The smallest absolute Gasteiger partial charge is 0.224 e. The number of benzene rings is 1. The Balaban J connectivity index is 1.39. The van der Waals surface area contributed by atoms with Crippen molar-refractivity contribution in [3.63, 3.8) is 0 Å². The molecule has 0 spiro atoms. The Morgan fingerprint density at radius 3 is 2.66 bits per heavy atom. The van der Waals surface area contributed by atoms with Gasteiger partial charge in [0.25, 0.3) is 0 Å². The number of fused-ring (bicyclic) bond motifs is 1. The van der Waals surface area contributed by atoms with Gasteiger partial charge in [-0.1, -0.05) is 6.07 Å². The third-order valence-corrected chi connectivity index (χ3v) is 5.33. The Kier molecular flexibility index (Phi) is 5.83. The molecule has 1 unspecified atom stereocenters. The van der Waals surface area contributed by atoms with Crippen LogP contribution in [0.2, 0.25) is 0 Å². The van der Waals surface area contributed by atoms with Gasteiger partial charge in [0.1, 0.15) is 0 Å². The lowest BCUT2D eigenvalue weighted by atomic mass is 10.0. The number of aromatic nitrogens is 2. The van der Waals surface area contributed by atoms with Crippen molar-refractivity contribution in [2.75, 3.05) is 31.6 Å². The number of amides is 1. The second-order valence-electron chi connectivity index (χ2n) is 7.65. The van der Waals surface area contributed by atoms with E-state index in [1.165, 1.54) is 0 Å². The van der Waals surface area contributed by atoms with Gasteiger partial charge in [-0.25, -0.2) is 9.97 Å². The Morgan fingerprint density at radius 2 is 1.86 bits per heavy atom. The molecule has 1 N–H and O–H groups in total. The van der Waals surface area contributed by atoms with Crippen molar-refractivity contribution in [1.82, 2.24) is 14.9 Å². The summed E-state index contributed by atoms with van der Waals surface area (Å²) < 4.78 is 11.6. The van der Waals surface area contributed by atoms with E-state index in [9.17, 15) is 4.79 Å². The third kappa shape index (κ3) is 4.60. The minimum atomic E-state index is 0.0946. The first-order valence-corrected chi connectivity index (χ1v) is 10.4. The summed E-state index contributed by atoms with van der Waals surface area (Å²) in [6.07, 6.45) is 3.28. The zero-order valence-corrected chi connectivity index (χ0v) is 17.1. The van der Waals surface area contributed by atoms with Gasteiger partial charge in [0.15, 0.2) is 11.5 Å². The number of anilines is 1. The summed E-state index contributed by atoms with van der Waals surface area (Å²) in [5, 5.41) is 3.18. The molecule has 3 heterocycles. The van der Waals surface area contributed by atoms with Crippen LogP contribution < -0.4 is 14.8 Å². The fourth-order valence-electron chi connectivity index (χ4n) is 4.03. The molecule has 2 aromatic rings. The molecule has 1 saturated heterocycles. The number of likely N-dealkylation sites (tertiary alicyclic amines) is 1. The quantitative estimate of drug-likeness (QED) is 0.835. The van der Waals surface area contributed by atoms with Crippen LogP contribution in [0.25, 0.3) is 0 Å². The number of hydrogen-bond donors (Lipinski definition) is 1. The molecule has 1 aromatic heterocycles. The lowest BCUT2D eigenvalue weighted by Crippen LogP contribution is -2.31. The van der Waals surface area contributed by atoms with Crippen LogP contribution in [-0.2, 0) is 4.79 Å². The minimum Gasteiger partial charge on any atom is -0.490 e. The molecule has 1 fully saturated rings. The number of carbonyl (C=O) groups is 1. The van der Waals surface area contributed by atoms with Gasteiger partial charge in [0.05, 0.1) is 19.3 Å². The van der Waals surface area contributed by atoms with Crippen molar-refractivity contribution in [3.05, 3.63) is 41.2 Å². The summed E-state index contributed by atoms with van der Waals surface area (Å²) in [4.78, 5) is 23.6. The molecule has 2 aliphatic rings. The molecule has 0 radical (unpaired) electrons. The molecule has 0 aliphatic carbocycles. The summed E-state index contributed by atoms with van der Waals surface area (Å²) in [6.45, 7) is 6.53. The Morgan fingerprint density at radius 1 is 1.10 bits per heavy atom. The van der Waals surface area contributed by atoms with Crippen LogP contribution in [0.4, 0.5) is 5.95 Å². The van der Waals surface area contributed by atoms with Crippen molar-refractivity contribution in [2.45, 2.75) is 45.6 Å².